The van der Waals surface area contributed by atoms with Gasteiger partial charge in [0.1, 0.15) is 5.58 Å². The van der Waals surface area contributed by atoms with Crippen LogP contribution in [0.5, 0.6) is 0 Å². The average molecular weight is 322 g/mol. The van der Waals surface area contributed by atoms with Gasteiger partial charge in [-0.2, -0.15) is 0 Å². The Labute approximate surface area is 118 Å². The summed E-state index contributed by atoms with van der Waals surface area (Å²) >= 11 is 5.34. The van der Waals surface area contributed by atoms with Crippen molar-refractivity contribution < 1.29 is 4.42 Å². The summed E-state index contributed by atoms with van der Waals surface area (Å²) in [6.45, 7) is 0. The highest BCUT2D eigenvalue weighted by Gasteiger charge is 2.20. The Kier molecular flexibility index (Phi) is 3.24. The molecular weight excluding hydrogens is 310 g/mol. The Balaban J connectivity index is 2.15. The minimum Gasteiger partial charge on any atom is -0.464 e. The number of benzene rings is 1. The number of halogens is 1. The molecule has 1 aromatic carbocycles. The monoisotopic (exact) mass is 321 g/mol. The molecular formula is C14H12BrNOS. The first-order valence-electron chi connectivity index (χ1n) is 5.67. The van der Waals surface area contributed by atoms with Crippen LogP contribution in [-0.4, -0.2) is 7.05 Å². The predicted molar refractivity (Wildman–Crippen MR) is 79.1 cm³/mol. The van der Waals surface area contributed by atoms with E-state index in [9.17, 15) is 0 Å². The van der Waals surface area contributed by atoms with E-state index in [1.807, 2.05) is 31.5 Å². The maximum Gasteiger partial charge on any atom is 0.134 e. The summed E-state index contributed by atoms with van der Waals surface area (Å²) in [5.74, 6) is 0. The van der Waals surface area contributed by atoms with Gasteiger partial charge in [0.15, 0.2) is 0 Å². The summed E-state index contributed by atoms with van der Waals surface area (Å²) in [6.07, 6.45) is 1.85. The molecule has 3 aromatic rings. The summed E-state index contributed by atoms with van der Waals surface area (Å²) in [7, 11) is 1.97. The number of fused-ring (bicyclic) bond motifs is 1. The van der Waals surface area contributed by atoms with Crippen LogP contribution in [0.15, 0.2) is 50.9 Å². The fourth-order valence-corrected chi connectivity index (χ4v) is 3.89. The van der Waals surface area contributed by atoms with Gasteiger partial charge in [-0.3, -0.25) is 0 Å². The van der Waals surface area contributed by atoms with Crippen LogP contribution in [0.1, 0.15) is 16.5 Å². The topological polar surface area (TPSA) is 25.2 Å². The molecule has 3 rings (SSSR count). The van der Waals surface area contributed by atoms with Crippen LogP contribution in [-0.2, 0) is 0 Å². The molecule has 1 atom stereocenters. The van der Waals surface area contributed by atoms with Crippen molar-refractivity contribution in [2.24, 2.45) is 0 Å². The highest BCUT2D eigenvalue weighted by Crippen LogP contribution is 2.36. The van der Waals surface area contributed by atoms with Gasteiger partial charge < -0.3 is 9.73 Å². The summed E-state index contributed by atoms with van der Waals surface area (Å²) in [4.78, 5) is 1.27. The highest BCUT2D eigenvalue weighted by molar-refractivity contribution is 9.10. The van der Waals surface area contributed by atoms with E-state index in [4.69, 9.17) is 4.42 Å². The number of hydrogen-bond acceptors (Lipinski definition) is 3. The van der Waals surface area contributed by atoms with E-state index in [0.29, 0.717) is 0 Å². The third-order valence-corrected chi connectivity index (χ3v) is 4.95. The van der Waals surface area contributed by atoms with Gasteiger partial charge in [0, 0.05) is 20.3 Å². The summed E-state index contributed by atoms with van der Waals surface area (Å²) in [6, 6.07) is 10.4. The van der Waals surface area contributed by atoms with Crippen molar-refractivity contribution in [2.75, 3.05) is 7.05 Å². The van der Waals surface area contributed by atoms with Crippen molar-refractivity contribution in [2.45, 2.75) is 6.04 Å². The fourth-order valence-electron chi connectivity index (χ4n) is 2.16. The van der Waals surface area contributed by atoms with Crippen LogP contribution < -0.4 is 5.32 Å². The molecule has 0 spiro atoms. The maximum absolute atomic E-state index is 5.62. The molecule has 0 amide bonds. The molecule has 1 unspecified atom stereocenters. The molecule has 2 heterocycles. The lowest BCUT2D eigenvalue weighted by Gasteiger charge is -2.14. The molecule has 0 fully saturated rings. The Morgan fingerprint density at radius 3 is 2.83 bits per heavy atom. The quantitative estimate of drug-likeness (QED) is 0.764. The van der Waals surface area contributed by atoms with Gasteiger partial charge in [0.25, 0.3) is 0 Å². The number of hydrogen-bond donors (Lipinski definition) is 1. The SMILES string of the molecule is CNC(c1sccc1Br)c1coc2ccccc12. The first kappa shape index (κ1) is 12.0. The van der Waals surface area contributed by atoms with Crippen LogP contribution in [0, 0.1) is 0 Å². The summed E-state index contributed by atoms with van der Waals surface area (Å²) < 4.78 is 6.76. The van der Waals surface area contributed by atoms with Crippen molar-refractivity contribution in [1.82, 2.24) is 5.32 Å². The van der Waals surface area contributed by atoms with Crippen molar-refractivity contribution >= 4 is 38.2 Å². The summed E-state index contributed by atoms with van der Waals surface area (Å²) in [5, 5.41) is 6.61. The van der Waals surface area contributed by atoms with E-state index in [0.717, 1.165) is 15.4 Å². The molecule has 0 saturated carbocycles. The number of rotatable bonds is 3. The van der Waals surface area contributed by atoms with Crippen molar-refractivity contribution in [3.8, 4) is 0 Å². The zero-order valence-corrected chi connectivity index (χ0v) is 12.2. The number of thiophene rings is 1. The fraction of sp³-hybridized carbons (Fsp3) is 0.143. The van der Waals surface area contributed by atoms with Gasteiger partial charge in [-0.25, -0.2) is 0 Å². The normalized spacial score (nSPS) is 13.0. The number of nitrogens with one attached hydrogen (secondary N) is 1. The average Bonchev–Trinajstić information content (AvgIpc) is 2.99. The first-order valence-corrected chi connectivity index (χ1v) is 7.35. The van der Waals surface area contributed by atoms with Crippen molar-refractivity contribution in [3.63, 3.8) is 0 Å². The number of para-hydroxylation sites is 1. The van der Waals surface area contributed by atoms with E-state index >= 15 is 0 Å². The van der Waals surface area contributed by atoms with Crippen LogP contribution in [0.3, 0.4) is 0 Å². The van der Waals surface area contributed by atoms with Crippen molar-refractivity contribution in [1.29, 1.82) is 0 Å². The maximum atomic E-state index is 5.62. The molecule has 92 valence electrons. The molecule has 18 heavy (non-hydrogen) atoms. The molecule has 0 radical (unpaired) electrons. The lowest BCUT2D eigenvalue weighted by atomic mass is 10.0. The lowest BCUT2D eigenvalue weighted by molar-refractivity contribution is 0.598. The van der Waals surface area contributed by atoms with E-state index in [2.05, 4.69) is 38.8 Å². The highest BCUT2D eigenvalue weighted by atomic mass is 79.9. The smallest absolute Gasteiger partial charge is 0.134 e. The molecule has 0 saturated heterocycles. The van der Waals surface area contributed by atoms with Crippen LogP contribution >= 0.6 is 27.3 Å². The largest absolute Gasteiger partial charge is 0.464 e. The molecule has 0 bridgehead atoms. The zero-order valence-electron chi connectivity index (χ0n) is 9.81. The number of furan rings is 1. The van der Waals surface area contributed by atoms with Gasteiger partial charge in [0.05, 0.1) is 12.3 Å². The van der Waals surface area contributed by atoms with Crippen molar-refractivity contribution in [3.05, 3.63) is 56.9 Å². The van der Waals surface area contributed by atoms with Gasteiger partial charge >= 0.3 is 0 Å². The molecule has 0 aliphatic heterocycles. The van der Waals surface area contributed by atoms with Gasteiger partial charge in [-0.1, -0.05) is 18.2 Å². The molecule has 0 aliphatic carbocycles. The van der Waals surface area contributed by atoms with E-state index in [1.165, 1.54) is 10.4 Å². The second kappa shape index (κ2) is 4.88. The third kappa shape index (κ3) is 1.90. The lowest BCUT2D eigenvalue weighted by Crippen LogP contribution is -2.16. The van der Waals surface area contributed by atoms with Gasteiger partial charge in [-0.15, -0.1) is 11.3 Å². The van der Waals surface area contributed by atoms with E-state index < -0.39 is 0 Å². The Bertz CT molecular complexity index is 673. The second-order valence-corrected chi connectivity index (χ2v) is 5.84. The zero-order chi connectivity index (χ0) is 12.5. The Morgan fingerprint density at radius 2 is 2.11 bits per heavy atom. The molecule has 4 heteroatoms. The standard InChI is InChI=1S/C14H12BrNOS/c1-16-13(14-11(15)6-7-18-14)10-8-17-12-5-3-2-4-9(10)12/h2-8,13,16H,1H3. The molecule has 2 aromatic heterocycles. The van der Waals surface area contributed by atoms with E-state index in [1.54, 1.807) is 11.3 Å². The van der Waals surface area contributed by atoms with Crippen LogP contribution in [0.25, 0.3) is 11.0 Å². The van der Waals surface area contributed by atoms with Gasteiger partial charge in [0.2, 0.25) is 0 Å². The molecule has 0 aliphatic rings. The minimum absolute atomic E-state index is 0.156. The predicted octanol–water partition coefficient (Wildman–Crippen LogP) is 4.57. The van der Waals surface area contributed by atoms with Crippen LogP contribution in [0.4, 0.5) is 0 Å². The third-order valence-electron chi connectivity index (χ3n) is 3.02. The molecule has 2 nitrogen and oxygen atoms in total. The van der Waals surface area contributed by atoms with Gasteiger partial charge in [-0.05, 0) is 40.5 Å². The van der Waals surface area contributed by atoms with Crippen LogP contribution in [0.2, 0.25) is 0 Å². The second-order valence-electron chi connectivity index (χ2n) is 4.04. The molecule has 1 N–H and O–H groups in total. The Hall–Kier alpha value is -1.10. The Morgan fingerprint density at radius 1 is 1.28 bits per heavy atom. The minimum atomic E-state index is 0.156. The summed E-state index contributed by atoms with van der Waals surface area (Å²) in [5.41, 5.74) is 2.11. The first-order chi connectivity index (χ1) is 8.81. The van der Waals surface area contributed by atoms with E-state index in [-0.39, 0.29) is 6.04 Å².